The molecule has 0 aromatic carbocycles. The van der Waals surface area contributed by atoms with Crippen molar-refractivity contribution in [2.45, 2.75) is 38.7 Å². The zero-order valence-electron chi connectivity index (χ0n) is 19.1. The average molecular weight is 489 g/mol. The molecule has 0 aliphatic heterocycles. The number of carbonyl (C=O) groups excluding carboxylic acids is 2. The van der Waals surface area contributed by atoms with E-state index in [9.17, 15) is 22.8 Å². The van der Waals surface area contributed by atoms with E-state index in [0.29, 0.717) is 11.4 Å². The fourth-order valence-corrected chi connectivity index (χ4v) is 3.86. The predicted molar refractivity (Wildman–Crippen MR) is 118 cm³/mol. The van der Waals surface area contributed by atoms with Gasteiger partial charge in [0.15, 0.2) is 11.5 Å². The number of anilines is 2. The van der Waals surface area contributed by atoms with Crippen LogP contribution >= 0.6 is 0 Å². The van der Waals surface area contributed by atoms with Crippen LogP contribution in [0.4, 0.5) is 29.5 Å². The average Bonchev–Trinajstić information content (AvgIpc) is 3.13. The van der Waals surface area contributed by atoms with Gasteiger partial charge in [-0.05, 0) is 31.2 Å². The Bertz CT molecular complexity index is 1260. The van der Waals surface area contributed by atoms with Crippen LogP contribution in [-0.2, 0) is 16.6 Å². The molecular formula is C22H22F3N7O3. The summed E-state index contributed by atoms with van der Waals surface area (Å²) in [6.07, 6.45) is -0.164. The lowest BCUT2D eigenvalue weighted by molar-refractivity contribution is -0.170. The van der Waals surface area contributed by atoms with Crippen molar-refractivity contribution in [1.82, 2.24) is 25.0 Å². The smallest absolute Gasteiger partial charge is 0.413 e. The number of aromatic nitrogens is 5. The first-order valence-electron chi connectivity index (χ1n) is 10.6. The number of pyridine rings is 2. The summed E-state index contributed by atoms with van der Waals surface area (Å²) in [5, 5.41) is 13.0. The van der Waals surface area contributed by atoms with Crippen LogP contribution in [0.3, 0.4) is 0 Å². The molecule has 0 unspecified atom stereocenters. The Kier molecular flexibility index (Phi) is 6.17. The third-order valence-electron chi connectivity index (χ3n) is 5.67. The SMILES string of the molecule is C[C@@H](OC(=O)Nc1c(-c2ccc(NC(=O)C3(C)CC(F)(F)C3)cn2)nnn1C)c1cccnc1F. The zero-order chi connectivity index (χ0) is 25.4. The molecule has 0 radical (unpaired) electrons. The molecule has 35 heavy (non-hydrogen) atoms. The molecule has 0 saturated heterocycles. The summed E-state index contributed by atoms with van der Waals surface area (Å²) in [4.78, 5) is 32.5. The van der Waals surface area contributed by atoms with E-state index in [2.05, 4.69) is 30.9 Å². The highest BCUT2D eigenvalue weighted by Crippen LogP contribution is 2.52. The first-order valence-corrected chi connectivity index (χ1v) is 10.6. The van der Waals surface area contributed by atoms with E-state index < -0.39 is 48.2 Å². The minimum atomic E-state index is -2.82. The fourth-order valence-electron chi connectivity index (χ4n) is 3.86. The van der Waals surface area contributed by atoms with Gasteiger partial charge in [0.25, 0.3) is 0 Å². The number of hydrogen-bond donors (Lipinski definition) is 2. The number of rotatable bonds is 6. The minimum Gasteiger partial charge on any atom is -0.441 e. The van der Waals surface area contributed by atoms with Gasteiger partial charge in [-0.1, -0.05) is 12.1 Å². The van der Waals surface area contributed by atoms with Crippen molar-refractivity contribution in [3.05, 3.63) is 48.2 Å². The lowest BCUT2D eigenvalue weighted by Crippen LogP contribution is -2.51. The largest absolute Gasteiger partial charge is 0.441 e. The Morgan fingerprint density at radius 3 is 2.54 bits per heavy atom. The highest BCUT2D eigenvalue weighted by Gasteiger charge is 2.57. The molecule has 3 heterocycles. The summed E-state index contributed by atoms with van der Waals surface area (Å²) < 4.78 is 46.8. The molecule has 3 aromatic heterocycles. The molecule has 2 N–H and O–H groups in total. The highest BCUT2D eigenvalue weighted by atomic mass is 19.3. The highest BCUT2D eigenvalue weighted by molar-refractivity contribution is 5.96. The molecule has 1 fully saturated rings. The zero-order valence-corrected chi connectivity index (χ0v) is 19.1. The van der Waals surface area contributed by atoms with E-state index in [1.165, 1.54) is 55.2 Å². The molecule has 13 heteroatoms. The van der Waals surface area contributed by atoms with Gasteiger partial charge in [0.05, 0.1) is 23.0 Å². The standard InChI is InChI=1S/C22H22F3N7O3/c1-12(14-5-4-8-26-17(14)23)35-20(34)29-18-16(30-31-32(18)3)15-7-6-13(9-27-15)28-19(33)21(2)10-22(24,25)11-21/h4-9,12H,10-11H2,1-3H3,(H,28,33)(H,29,34)/t12-/m1/s1. The number of nitrogens with zero attached hydrogens (tertiary/aromatic N) is 5. The van der Waals surface area contributed by atoms with Crippen LogP contribution in [0.25, 0.3) is 11.4 Å². The Hall–Kier alpha value is -4.03. The second-order valence-corrected chi connectivity index (χ2v) is 8.62. The monoisotopic (exact) mass is 489 g/mol. The number of ether oxygens (including phenoxy) is 1. The molecule has 0 spiro atoms. The van der Waals surface area contributed by atoms with Gasteiger partial charge in [0, 0.05) is 31.6 Å². The summed E-state index contributed by atoms with van der Waals surface area (Å²) in [5.74, 6) is -3.91. The molecule has 1 aliphatic rings. The van der Waals surface area contributed by atoms with Crippen LogP contribution < -0.4 is 10.6 Å². The molecule has 0 bridgehead atoms. The first kappa shape index (κ1) is 24.1. The summed E-state index contributed by atoms with van der Waals surface area (Å²) in [7, 11) is 1.54. The molecule has 1 aliphatic carbocycles. The number of aryl methyl sites for hydroxylation is 1. The summed E-state index contributed by atoms with van der Waals surface area (Å²) >= 11 is 0. The second-order valence-electron chi connectivity index (χ2n) is 8.62. The third kappa shape index (κ3) is 5.08. The lowest BCUT2D eigenvalue weighted by Gasteiger charge is -2.43. The molecule has 1 atom stereocenters. The summed E-state index contributed by atoms with van der Waals surface area (Å²) in [5.41, 5.74) is -0.169. The maximum absolute atomic E-state index is 13.8. The number of amides is 2. The molecule has 184 valence electrons. The van der Waals surface area contributed by atoms with Crippen molar-refractivity contribution in [3.8, 4) is 11.4 Å². The van der Waals surface area contributed by atoms with Crippen molar-refractivity contribution in [2.24, 2.45) is 12.5 Å². The molecule has 3 aromatic rings. The first-order chi connectivity index (χ1) is 16.5. The number of carbonyl (C=O) groups is 2. The number of alkyl halides is 2. The molecular weight excluding hydrogens is 467 g/mol. The van der Waals surface area contributed by atoms with Gasteiger partial charge in [-0.15, -0.1) is 5.10 Å². The number of halogens is 3. The molecule has 4 rings (SSSR count). The van der Waals surface area contributed by atoms with E-state index >= 15 is 0 Å². The summed E-state index contributed by atoms with van der Waals surface area (Å²) in [6.45, 7) is 2.99. The quantitative estimate of drug-likeness (QED) is 0.500. The van der Waals surface area contributed by atoms with Gasteiger partial charge in [-0.2, -0.15) is 4.39 Å². The van der Waals surface area contributed by atoms with Crippen molar-refractivity contribution in [1.29, 1.82) is 0 Å². The lowest BCUT2D eigenvalue weighted by atomic mass is 9.67. The van der Waals surface area contributed by atoms with E-state index in [0.717, 1.165) is 0 Å². The van der Waals surface area contributed by atoms with Crippen LogP contribution in [0.5, 0.6) is 0 Å². The maximum Gasteiger partial charge on any atom is 0.413 e. The Morgan fingerprint density at radius 1 is 1.17 bits per heavy atom. The Labute approximate surface area is 197 Å². The minimum absolute atomic E-state index is 0.116. The molecule has 10 nitrogen and oxygen atoms in total. The normalized spacial score (nSPS) is 16.6. The fraction of sp³-hybridized carbons (Fsp3) is 0.364. The molecule has 2 amide bonds. The van der Waals surface area contributed by atoms with E-state index in [1.807, 2.05) is 0 Å². The number of hydrogen-bond acceptors (Lipinski definition) is 7. The van der Waals surface area contributed by atoms with Gasteiger partial charge in [0.1, 0.15) is 6.10 Å². The number of nitrogens with one attached hydrogen (secondary N) is 2. The van der Waals surface area contributed by atoms with Crippen LogP contribution in [0.1, 0.15) is 38.4 Å². The van der Waals surface area contributed by atoms with Gasteiger partial charge in [-0.25, -0.2) is 23.2 Å². The Morgan fingerprint density at radius 2 is 1.91 bits per heavy atom. The van der Waals surface area contributed by atoms with E-state index in [-0.39, 0.29) is 17.1 Å². The van der Waals surface area contributed by atoms with E-state index in [1.54, 1.807) is 7.05 Å². The van der Waals surface area contributed by atoms with Crippen molar-refractivity contribution in [2.75, 3.05) is 10.6 Å². The van der Waals surface area contributed by atoms with Crippen molar-refractivity contribution in [3.63, 3.8) is 0 Å². The third-order valence-corrected chi connectivity index (χ3v) is 5.67. The Balaban J connectivity index is 1.43. The van der Waals surface area contributed by atoms with Gasteiger partial charge in [-0.3, -0.25) is 15.1 Å². The van der Waals surface area contributed by atoms with Crippen LogP contribution in [0, 0.1) is 11.4 Å². The topological polar surface area (TPSA) is 124 Å². The summed E-state index contributed by atoms with van der Waals surface area (Å²) in [6, 6.07) is 6.04. The van der Waals surface area contributed by atoms with Crippen LogP contribution in [0.2, 0.25) is 0 Å². The van der Waals surface area contributed by atoms with Gasteiger partial charge in [0.2, 0.25) is 17.8 Å². The predicted octanol–water partition coefficient (Wildman–Crippen LogP) is 4.09. The maximum atomic E-state index is 13.8. The van der Waals surface area contributed by atoms with E-state index in [4.69, 9.17) is 4.74 Å². The van der Waals surface area contributed by atoms with Crippen molar-refractivity contribution < 1.29 is 27.5 Å². The van der Waals surface area contributed by atoms with Crippen molar-refractivity contribution >= 4 is 23.5 Å². The van der Waals surface area contributed by atoms with Gasteiger partial charge < -0.3 is 10.1 Å². The van der Waals surface area contributed by atoms with Crippen LogP contribution in [-0.4, -0.2) is 42.9 Å². The molecule has 1 saturated carbocycles. The second kappa shape index (κ2) is 8.96. The van der Waals surface area contributed by atoms with Gasteiger partial charge >= 0.3 is 6.09 Å². The van der Waals surface area contributed by atoms with Crippen LogP contribution in [0.15, 0.2) is 36.7 Å².